The van der Waals surface area contributed by atoms with Crippen LogP contribution in [0.15, 0.2) is 42.5 Å². The third kappa shape index (κ3) is 4.58. The number of benzene rings is 2. The van der Waals surface area contributed by atoms with Crippen LogP contribution < -0.4 is 10.6 Å². The largest absolute Gasteiger partial charge is 0.381 e. The van der Waals surface area contributed by atoms with Crippen molar-refractivity contribution in [1.82, 2.24) is 5.32 Å². The first-order chi connectivity index (χ1) is 13.7. The number of amides is 2. The zero-order valence-electron chi connectivity index (χ0n) is 15.7. The summed E-state index contributed by atoms with van der Waals surface area (Å²) in [6.45, 7) is 2.54. The molecule has 0 saturated carbocycles. The first kappa shape index (κ1) is 18.7. The topological polar surface area (TPSA) is 76.7 Å². The monoisotopic (exact) mass is 380 g/mol. The van der Waals surface area contributed by atoms with Gasteiger partial charge in [-0.15, -0.1) is 0 Å². The fourth-order valence-electron chi connectivity index (χ4n) is 3.53. The molecular formula is C22H24N2O4. The van der Waals surface area contributed by atoms with Crippen LogP contribution in [-0.2, 0) is 33.8 Å². The van der Waals surface area contributed by atoms with E-state index in [9.17, 15) is 9.59 Å². The van der Waals surface area contributed by atoms with Gasteiger partial charge in [0.15, 0.2) is 0 Å². The first-order valence-corrected chi connectivity index (χ1v) is 9.65. The SMILES string of the molecule is O=C1Cc2ccc(C(=O)NCc3cccc(COC4CCOCC4)c3)cc2N1. The van der Waals surface area contributed by atoms with E-state index in [2.05, 4.69) is 16.7 Å². The van der Waals surface area contributed by atoms with Crippen LogP contribution in [0.2, 0.25) is 0 Å². The second-order valence-corrected chi connectivity index (χ2v) is 7.22. The molecule has 2 N–H and O–H groups in total. The minimum atomic E-state index is -0.159. The fourth-order valence-corrected chi connectivity index (χ4v) is 3.53. The molecule has 6 heteroatoms. The van der Waals surface area contributed by atoms with Crippen molar-refractivity contribution in [1.29, 1.82) is 0 Å². The second-order valence-electron chi connectivity index (χ2n) is 7.22. The van der Waals surface area contributed by atoms with Crippen LogP contribution in [0.5, 0.6) is 0 Å². The lowest BCUT2D eigenvalue weighted by Crippen LogP contribution is -2.23. The summed E-state index contributed by atoms with van der Waals surface area (Å²) >= 11 is 0. The maximum Gasteiger partial charge on any atom is 0.251 e. The van der Waals surface area contributed by atoms with Crippen molar-refractivity contribution in [2.45, 2.75) is 38.5 Å². The number of rotatable bonds is 6. The molecule has 28 heavy (non-hydrogen) atoms. The molecule has 0 aliphatic carbocycles. The number of carbonyl (C=O) groups excluding carboxylic acids is 2. The Kier molecular flexibility index (Phi) is 5.69. The molecule has 2 amide bonds. The van der Waals surface area contributed by atoms with Gasteiger partial charge in [0, 0.05) is 31.0 Å². The van der Waals surface area contributed by atoms with E-state index in [0.29, 0.717) is 25.1 Å². The lowest BCUT2D eigenvalue weighted by atomic mass is 10.1. The molecule has 2 aromatic rings. The summed E-state index contributed by atoms with van der Waals surface area (Å²) in [5, 5.41) is 5.72. The molecule has 146 valence electrons. The molecule has 0 aromatic heterocycles. The highest BCUT2D eigenvalue weighted by atomic mass is 16.5. The summed E-state index contributed by atoms with van der Waals surface area (Å²) in [6, 6.07) is 13.4. The Balaban J connectivity index is 1.31. The number of carbonyl (C=O) groups is 2. The quantitative estimate of drug-likeness (QED) is 0.808. The van der Waals surface area contributed by atoms with Gasteiger partial charge in [0.1, 0.15) is 0 Å². The number of anilines is 1. The van der Waals surface area contributed by atoms with Crippen LogP contribution in [-0.4, -0.2) is 31.1 Å². The first-order valence-electron chi connectivity index (χ1n) is 9.65. The van der Waals surface area contributed by atoms with Crippen LogP contribution in [0.1, 0.15) is 39.9 Å². The number of ether oxygens (including phenoxy) is 2. The molecule has 0 spiro atoms. The van der Waals surface area contributed by atoms with Crippen molar-refractivity contribution >= 4 is 17.5 Å². The van der Waals surface area contributed by atoms with Crippen molar-refractivity contribution in [3.63, 3.8) is 0 Å². The number of hydrogen-bond acceptors (Lipinski definition) is 4. The highest BCUT2D eigenvalue weighted by Gasteiger charge is 2.19. The van der Waals surface area contributed by atoms with Crippen LogP contribution in [0, 0.1) is 0 Å². The van der Waals surface area contributed by atoms with Gasteiger partial charge in [-0.3, -0.25) is 9.59 Å². The summed E-state index contributed by atoms with van der Waals surface area (Å²) in [6.07, 6.45) is 2.52. The highest BCUT2D eigenvalue weighted by molar-refractivity contribution is 6.02. The summed E-state index contributed by atoms with van der Waals surface area (Å²) in [7, 11) is 0. The van der Waals surface area contributed by atoms with E-state index >= 15 is 0 Å². The Morgan fingerprint density at radius 3 is 2.82 bits per heavy atom. The van der Waals surface area contributed by atoms with Gasteiger partial charge in [0.25, 0.3) is 5.91 Å². The van der Waals surface area contributed by atoms with Gasteiger partial charge < -0.3 is 20.1 Å². The third-order valence-electron chi connectivity index (χ3n) is 5.10. The van der Waals surface area contributed by atoms with Crippen molar-refractivity contribution in [2.75, 3.05) is 18.5 Å². The molecule has 2 heterocycles. The normalized spacial score (nSPS) is 16.5. The standard InChI is InChI=1S/C22H24N2O4/c25-21-12-17-4-5-18(11-20(17)24-21)22(26)23-13-15-2-1-3-16(10-15)14-28-19-6-8-27-9-7-19/h1-5,10-11,19H,6-9,12-14H2,(H,23,26)(H,24,25). The van der Waals surface area contributed by atoms with Gasteiger partial charge in [0.05, 0.1) is 19.1 Å². The van der Waals surface area contributed by atoms with Crippen molar-refractivity contribution in [3.8, 4) is 0 Å². The van der Waals surface area contributed by atoms with E-state index in [1.807, 2.05) is 24.3 Å². The summed E-state index contributed by atoms with van der Waals surface area (Å²) in [5.74, 6) is -0.194. The Bertz CT molecular complexity index is 875. The van der Waals surface area contributed by atoms with Crippen LogP contribution >= 0.6 is 0 Å². The van der Waals surface area contributed by atoms with Gasteiger partial charge in [-0.25, -0.2) is 0 Å². The second kappa shape index (κ2) is 8.54. The summed E-state index contributed by atoms with van der Waals surface area (Å²) in [5.41, 5.74) is 4.32. The molecule has 0 radical (unpaired) electrons. The minimum absolute atomic E-state index is 0.0349. The predicted octanol–water partition coefficient (Wildman–Crippen LogP) is 2.81. The number of nitrogens with one attached hydrogen (secondary N) is 2. The smallest absolute Gasteiger partial charge is 0.251 e. The third-order valence-corrected chi connectivity index (χ3v) is 5.10. The zero-order chi connectivity index (χ0) is 19.3. The molecule has 2 aromatic carbocycles. The Morgan fingerprint density at radius 1 is 1.14 bits per heavy atom. The van der Waals surface area contributed by atoms with Gasteiger partial charge in [0.2, 0.25) is 5.91 Å². The van der Waals surface area contributed by atoms with E-state index in [0.717, 1.165) is 48.4 Å². The average Bonchev–Trinajstić information content (AvgIpc) is 3.11. The molecule has 1 saturated heterocycles. The fraction of sp³-hybridized carbons (Fsp3) is 0.364. The minimum Gasteiger partial charge on any atom is -0.381 e. The van der Waals surface area contributed by atoms with Gasteiger partial charge in [-0.2, -0.15) is 0 Å². The van der Waals surface area contributed by atoms with E-state index in [1.54, 1.807) is 12.1 Å². The molecule has 0 unspecified atom stereocenters. The molecule has 0 atom stereocenters. The van der Waals surface area contributed by atoms with Crippen molar-refractivity contribution < 1.29 is 19.1 Å². The van der Waals surface area contributed by atoms with Gasteiger partial charge >= 0.3 is 0 Å². The van der Waals surface area contributed by atoms with E-state index in [-0.39, 0.29) is 17.9 Å². The van der Waals surface area contributed by atoms with Gasteiger partial charge in [-0.1, -0.05) is 30.3 Å². The van der Waals surface area contributed by atoms with Gasteiger partial charge in [-0.05, 0) is 41.7 Å². The maximum atomic E-state index is 12.5. The lowest BCUT2D eigenvalue weighted by Gasteiger charge is -2.22. The summed E-state index contributed by atoms with van der Waals surface area (Å²) in [4.78, 5) is 23.9. The maximum absolute atomic E-state index is 12.5. The molecule has 1 fully saturated rings. The molecule has 2 aliphatic rings. The Hall–Kier alpha value is -2.70. The molecule has 0 bridgehead atoms. The van der Waals surface area contributed by atoms with Crippen molar-refractivity contribution in [2.24, 2.45) is 0 Å². The number of fused-ring (bicyclic) bond motifs is 1. The molecular weight excluding hydrogens is 356 g/mol. The van der Waals surface area contributed by atoms with Crippen molar-refractivity contribution in [3.05, 3.63) is 64.7 Å². The zero-order valence-corrected chi connectivity index (χ0v) is 15.7. The van der Waals surface area contributed by atoms with E-state index in [1.165, 1.54) is 0 Å². The van der Waals surface area contributed by atoms with E-state index < -0.39 is 0 Å². The average molecular weight is 380 g/mol. The summed E-state index contributed by atoms with van der Waals surface area (Å²) < 4.78 is 11.3. The predicted molar refractivity (Wildman–Crippen MR) is 105 cm³/mol. The van der Waals surface area contributed by atoms with Crippen LogP contribution in [0.4, 0.5) is 5.69 Å². The lowest BCUT2D eigenvalue weighted by molar-refractivity contribution is -0.115. The van der Waals surface area contributed by atoms with Crippen LogP contribution in [0.3, 0.4) is 0 Å². The van der Waals surface area contributed by atoms with E-state index in [4.69, 9.17) is 9.47 Å². The molecule has 2 aliphatic heterocycles. The Labute approximate surface area is 164 Å². The van der Waals surface area contributed by atoms with Crippen LogP contribution in [0.25, 0.3) is 0 Å². The molecule has 6 nitrogen and oxygen atoms in total. The molecule has 4 rings (SSSR count). The Morgan fingerprint density at radius 2 is 1.96 bits per heavy atom. The highest BCUT2D eigenvalue weighted by Crippen LogP contribution is 2.24. The number of hydrogen-bond donors (Lipinski definition) is 2.